The zero-order valence-corrected chi connectivity index (χ0v) is 16.4. The predicted octanol–water partition coefficient (Wildman–Crippen LogP) is 4.00. The van der Waals surface area contributed by atoms with Gasteiger partial charge in [0.05, 0.1) is 11.8 Å². The molecule has 0 unspecified atom stereocenters. The fraction of sp³-hybridized carbons (Fsp3) is 0.217. The summed E-state index contributed by atoms with van der Waals surface area (Å²) in [5.74, 6) is 1.80. The molecule has 1 aliphatic rings. The van der Waals surface area contributed by atoms with E-state index >= 15 is 0 Å². The average molecular weight is 399 g/mol. The molecule has 5 rings (SSSR count). The number of para-hydroxylation sites is 1. The van der Waals surface area contributed by atoms with E-state index in [4.69, 9.17) is 14.4 Å². The van der Waals surface area contributed by atoms with Gasteiger partial charge in [-0.25, -0.2) is 9.97 Å². The van der Waals surface area contributed by atoms with Gasteiger partial charge in [-0.2, -0.15) is 0 Å². The summed E-state index contributed by atoms with van der Waals surface area (Å²) < 4.78 is 5.25. The van der Waals surface area contributed by atoms with Gasteiger partial charge < -0.3 is 14.6 Å². The molecule has 150 valence electrons. The topological polar surface area (TPSA) is 84.2 Å². The van der Waals surface area contributed by atoms with Crippen LogP contribution in [-0.2, 0) is 0 Å². The summed E-state index contributed by atoms with van der Waals surface area (Å²) >= 11 is 0. The van der Waals surface area contributed by atoms with E-state index in [0.717, 1.165) is 35.1 Å². The SMILES string of the molecule is O=C(c1ccco1)N1CCC(Nc2nc(-c3cccnc3)nc3ccccc23)CC1. The minimum atomic E-state index is -0.0511. The predicted molar refractivity (Wildman–Crippen MR) is 114 cm³/mol. The number of carbonyl (C=O) groups excluding carboxylic acids is 1. The number of nitrogens with zero attached hydrogens (tertiary/aromatic N) is 4. The summed E-state index contributed by atoms with van der Waals surface area (Å²) in [6, 6.07) is 15.5. The van der Waals surface area contributed by atoms with E-state index < -0.39 is 0 Å². The van der Waals surface area contributed by atoms with Gasteiger partial charge in [-0.05, 0) is 49.2 Å². The van der Waals surface area contributed by atoms with Crippen LogP contribution in [-0.4, -0.2) is 44.9 Å². The number of nitrogens with one attached hydrogen (secondary N) is 1. The third kappa shape index (κ3) is 3.61. The first-order valence-corrected chi connectivity index (χ1v) is 10.0. The van der Waals surface area contributed by atoms with Crippen molar-refractivity contribution in [2.24, 2.45) is 0 Å². The van der Waals surface area contributed by atoms with Crippen LogP contribution in [0.2, 0.25) is 0 Å². The fourth-order valence-corrected chi connectivity index (χ4v) is 3.79. The van der Waals surface area contributed by atoms with E-state index in [1.165, 1.54) is 6.26 Å². The molecule has 1 saturated heterocycles. The summed E-state index contributed by atoms with van der Waals surface area (Å²) in [5, 5.41) is 4.58. The molecule has 0 saturated carbocycles. The van der Waals surface area contributed by atoms with Gasteiger partial charge in [-0.3, -0.25) is 9.78 Å². The van der Waals surface area contributed by atoms with Crippen molar-refractivity contribution in [3.63, 3.8) is 0 Å². The monoisotopic (exact) mass is 399 g/mol. The van der Waals surface area contributed by atoms with E-state index in [1.807, 2.05) is 41.3 Å². The van der Waals surface area contributed by atoms with Crippen molar-refractivity contribution in [1.29, 1.82) is 0 Å². The largest absolute Gasteiger partial charge is 0.459 e. The summed E-state index contributed by atoms with van der Waals surface area (Å²) in [6.45, 7) is 1.35. The quantitative estimate of drug-likeness (QED) is 0.558. The highest BCUT2D eigenvalue weighted by atomic mass is 16.3. The number of rotatable bonds is 4. The first kappa shape index (κ1) is 18.3. The Balaban J connectivity index is 1.36. The molecule has 1 aromatic carbocycles. The maximum absolute atomic E-state index is 12.5. The Morgan fingerprint density at radius 1 is 1.03 bits per heavy atom. The number of hydrogen-bond donors (Lipinski definition) is 1. The Kier molecular flexibility index (Phi) is 4.85. The molecular formula is C23H21N5O2. The molecule has 1 amide bonds. The molecule has 30 heavy (non-hydrogen) atoms. The van der Waals surface area contributed by atoms with E-state index in [9.17, 15) is 4.79 Å². The number of piperidine rings is 1. The number of benzene rings is 1. The molecule has 4 heterocycles. The van der Waals surface area contributed by atoms with Crippen LogP contribution < -0.4 is 5.32 Å². The first-order chi connectivity index (χ1) is 14.8. The second-order valence-corrected chi connectivity index (χ2v) is 7.34. The van der Waals surface area contributed by atoms with Gasteiger partial charge in [0.15, 0.2) is 11.6 Å². The Morgan fingerprint density at radius 3 is 2.67 bits per heavy atom. The number of carbonyl (C=O) groups is 1. The van der Waals surface area contributed by atoms with Crippen molar-refractivity contribution in [3.8, 4) is 11.4 Å². The van der Waals surface area contributed by atoms with Gasteiger partial charge in [0.1, 0.15) is 5.82 Å². The van der Waals surface area contributed by atoms with Crippen molar-refractivity contribution < 1.29 is 9.21 Å². The smallest absolute Gasteiger partial charge is 0.289 e. The van der Waals surface area contributed by atoms with Crippen LogP contribution in [0.15, 0.2) is 71.6 Å². The lowest BCUT2D eigenvalue weighted by atomic mass is 10.0. The lowest BCUT2D eigenvalue weighted by Crippen LogP contribution is -2.42. The van der Waals surface area contributed by atoms with Gasteiger partial charge in [-0.1, -0.05) is 12.1 Å². The molecule has 1 aliphatic heterocycles. The molecule has 7 nitrogen and oxygen atoms in total. The average Bonchev–Trinajstić information content (AvgIpc) is 3.35. The molecule has 1 fully saturated rings. The van der Waals surface area contributed by atoms with Crippen LogP contribution in [0, 0.1) is 0 Å². The van der Waals surface area contributed by atoms with E-state index in [-0.39, 0.29) is 11.9 Å². The Bertz CT molecular complexity index is 1150. The van der Waals surface area contributed by atoms with Gasteiger partial charge in [0, 0.05) is 42.5 Å². The van der Waals surface area contributed by atoms with Crippen LogP contribution in [0.5, 0.6) is 0 Å². The van der Waals surface area contributed by atoms with Crippen LogP contribution >= 0.6 is 0 Å². The normalized spacial score (nSPS) is 14.7. The molecule has 0 aliphatic carbocycles. The third-order valence-electron chi connectivity index (χ3n) is 5.38. The second-order valence-electron chi connectivity index (χ2n) is 7.34. The van der Waals surface area contributed by atoms with Crippen molar-refractivity contribution in [1.82, 2.24) is 19.9 Å². The number of anilines is 1. The highest BCUT2D eigenvalue weighted by Gasteiger charge is 2.25. The standard InChI is InChI=1S/C23H21N5O2/c29-23(20-8-4-14-30-20)28-12-9-17(10-13-28)25-22-18-6-1-2-7-19(18)26-21(27-22)16-5-3-11-24-15-16/h1-8,11,14-15,17H,9-10,12-13H2,(H,25,26,27). The number of fused-ring (bicyclic) bond motifs is 1. The number of aromatic nitrogens is 3. The maximum Gasteiger partial charge on any atom is 0.289 e. The van der Waals surface area contributed by atoms with Gasteiger partial charge in [-0.15, -0.1) is 0 Å². The Labute approximate surface area is 173 Å². The van der Waals surface area contributed by atoms with Crippen LogP contribution in [0.25, 0.3) is 22.3 Å². The lowest BCUT2D eigenvalue weighted by molar-refractivity contribution is 0.0686. The Hall–Kier alpha value is -3.74. The summed E-state index contributed by atoms with van der Waals surface area (Å²) in [7, 11) is 0. The van der Waals surface area contributed by atoms with E-state index in [2.05, 4.69) is 10.3 Å². The second kappa shape index (κ2) is 7.94. The van der Waals surface area contributed by atoms with Crippen LogP contribution in [0.1, 0.15) is 23.4 Å². The summed E-state index contributed by atoms with van der Waals surface area (Å²) in [4.78, 5) is 28.0. The Morgan fingerprint density at radius 2 is 1.90 bits per heavy atom. The summed E-state index contributed by atoms with van der Waals surface area (Å²) in [6.07, 6.45) is 6.72. The number of hydrogen-bond acceptors (Lipinski definition) is 6. The molecule has 0 atom stereocenters. The highest BCUT2D eigenvalue weighted by Crippen LogP contribution is 2.26. The lowest BCUT2D eigenvalue weighted by Gasteiger charge is -2.32. The van der Waals surface area contributed by atoms with Gasteiger partial charge in [0.25, 0.3) is 5.91 Å². The molecule has 3 aromatic heterocycles. The highest BCUT2D eigenvalue weighted by molar-refractivity contribution is 5.92. The van der Waals surface area contributed by atoms with Crippen molar-refractivity contribution in [2.45, 2.75) is 18.9 Å². The van der Waals surface area contributed by atoms with E-state index in [0.29, 0.717) is 24.7 Å². The molecule has 7 heteroatoms. The molecule has 0 radical (unpaired) electrons. The van der Waals surface area contributed by atoms with Gasteiger partial charge >= 0.3 is 0 Å². The van der Waals surface area contributed by atoms with Crippen molar-refractivity contribution in [2.75, 3.05) is 18.4 Å². The van der Waals surface area contributed by atoms with E-state index in [1.54, 1.807) is 24.5 Å². The minimum Gasteiger partial charge on any atom is -0.459 e. The maximum atomic E-state index is 12.5. The van der Waals surface area contributed by atoms with Crippen molar-refractivity contribution in [3.05, 3.63) is 72.9 Å². The molecule has 4 aromatic rings. The van der Waals surface area contributed by atoms with Crippen molar-refractivity contribution >= 4 is 22.6 Å². The zero-order valence-electron chi connectivity index (χ0n) is 16.4. The van der Waals surface area contributed by atoms with Gasteiger partial charge in [0.2, 0.25) is 0 Å². The number of pyridine rings is 1. The molecule has 0 bridgehead atoms. The van der Waals surface area contributed by atoms with Crippen LogP contribution in [0.3, 0.4) is 0 Å². The number of likely N-dealkylation sites (tertiary alicyclic amines) is 1. The zero-order chi connectivity index (χ0) is 20.3. The number of furan rings is 1. The summed E-state index contributed by atoms with van der Waals surface area (Å²) in [5.41, 5.74) is 1.77. The third-order valence-corrected chi connectivity index (χ3v) is 5.38. The molecule has 1 N–H and O–H groups in total. The molecule has 0 spiro atoms. The van der Waals surface area contributed by atoms with Crippen LogP contribution in [0.4, 0.5) is 5.82 Å². The number of amides is 1. The first-order valence-electron chi connectivity index (χ1n) is 10.0. The minimum absolute atomic E-state index is 0.0511. The molecular weight excluding hydrogens is 378 g/mol. The fourth-order valence-electron chi connectivity index (χ4n) is 3.79.